The van der Waals surface area contributed by atoms with Crippen molar-refractivity contribution in [1.29, 1.82) is 0 Å². The van der Waals surface area contributed by atoms with Gasteiger partial charge in [0.15, 0.2) is 0 Å². The van der Waals surface area contributed by atoms with Gasteiger partial charge in [0.05, 0.1) is 17.6 Å². The van der Waals surface area contributed by atoms with Gasteiger partial charge >= 0.3 is 0 Å². The number of para-hydroxylation sites is 2. The fourth-order valence-electron chi connectivity index (χ4n) is 3.43. The average molecular weight is 391 g/mol. The van der Waals surface area contributed by atoms with E-state index in [-0.39, 0.29) is 0 Å². The summed E-state index contributed by atoms with van der Waals surface area (Å²) < 4.78 is 8.22. The maximum absolute atomic E-state index is 6.09. The van der Waals surface area contributed by atoms with Gasteiger partial charge in [-0.05, 0) is 62.2 Å². The van der Waals surface area contributed by atoms with Gasteiger partial charge in [-0.2, -0.15) is 0 Å². The Labute approximate surface area is 170 Å². The van der Waals surface area contributed by atoms with Gasteiger partial charge in [-0.1, -0.05) is 47.5 Å². The van der Waals surface area contributed by atoms with E-state index in [0.29, 0.717) is 6.61 Å². The van der Waals surface area contributed by atoms with Crippen molar-refractivity contribution in [1.82, 2.24) is 9.55 Å². The molecule has 28 heavy (non-hydrogen) atoms. The number of rotatable bonds is 6. The molecule has 0 atom stereocenters. The van der Waals surface area contributed by atoms with Gasteiger partial charge in [0.1, 0.15) is 11.6 Å². The molecule has 0 saturated heterocycles. The highest BCUT2D eigenvalue weighted by Gasteiger charge is 2.12. The van der Waals surface area contributed by atoms with Gasteiger partial charge in [-0.15, -0.1) is 0 Å². The van der Waals surface area contributed by atoms with Crippen LogP contribution >= 0.6 is 11.6 Å². The first kappa shape index (κ1) is 18.6. The number of hydrogen-bond acceptors (Lipinski definition) is 2. The lowest BCUT2D eigenvalue weighted by atomic mass is 10.1. The number of aromatic nitrogens is 2. The molecular weight excluding hydrogens is 368 g/mol. The molecule has 0 amide bonds. The van der Waals surface area contributed by atoms with Gasteiger partial charge in [0.2, 0.25) is 0 Å². The van der Waals surface area contributed by atoms with Crippen LogP contribution in [0, 0.1) is 13.8 Å². The summed E-state index contributed by atoms with van der Waals surface area (Å²) >= 11 is 6.09. The number of hydrogen-bond donors (Lipinski definition) is 0. The molecule has 0 unspecified atom stereocenters. The normalized spacial score (nSPS) is 11.1. The van der Waals surface area contributed by atoms with Crippen molar-refractivity contribution in [2.45, 2.75) is 26.8 Å². The van der Waals surface area contributed by atoms with Gasteiger partial charge in [0, 0.05) is 17.1 Å². The largest absolute Gasteiger partial charge is 0.494 e. The molecule has 3 nitrogen and oxygen atoms in total. The van der Waals surface area contributed by atoms with Crippen LogP contribution in [0.2, 0.25) is 5.02 Å². The lowest BCUT2D eigenvalue weighted by Gasteiger charge is -2.11. The minimum absolute atomic E-state index is 0.640. The van der Waals surface area contributed by atoms with Crippen molar-refractivity contribution < 1.29 is 4.74 Å². The molecular formula is C24H23ClN2O. The molecule has 4 aromatic rings. The molecule has 0 saturated carbocycles. The lowest BCUT2D eigenvalue weighted by molar-refractivity contribution is 0.302. The van der Waals surface area contributed by atoms with E-state index in [1.54, 1.807) is 0 Å². The molecule has 142 valence electrons. The van der Waals surface area contributed by atoms with Gasteiger partial charge in [-0.3, -0.25) is 0 Å². The average Bonchev–Trinajstić information content (AvgIpc) is 3.07. The van der Waals surface area contributed by atoms with Crippen LogP contribution in [-0.2, 0) is 6.54 Å². The molecule has 0 radical (unpaired) electrons. The summed E-state index contributed by atoms with van der Waals surface area (Å²) in [5.41, 5.74) is 5.58. The zero-order valence-electron chi connectivity index (χ0n) is 16.2. The summed E-state index contributed by atoms with van der Waals surface area (Å²) in [5.74, 6) is 1.86. The first-order valence-electron chi connectivity index (χ1n) is 9.53. The summed E-state index contributed by atoms with van der Waals surface area (Å²) in [4.78, 5) is 4.89. The molecule has 4 heteroatoms. The van der Waals surface area contributed by atoms with Gasteiger partial charge in [-0.25, -0.2) is 4.98 Å². The van der Waals surface area contributed by atoms with E-state index in [0.717, 1.165) is 51.7 Å². The molecule has 0 aliphatic heterocycles. The van der Waals surface area contributed by atoms with Gasteiger partial charge in [0.25, 0.3) is 0 Å². The van der Waals surface area contributed by atoms with Crippen LogP contribution in [0.3, 0.4) is 0 Å². The fraction of sp³-hybridized carbons (Fsp3) is 0.208. The summed E-state index contributed by atoms with van der Waals surface area (Å²) in [6.07, 6.45) is 0.890. The monoisotopic (exact) mass is 390 g/mol. The Bertz CT molecular complexity index is 1120. The van der Waals surface area contributed by atoms with E-state index < -0.39 is 0 Å². The van der Waals surface area contributed by atoms with E-state index in [4.69, 9.17) is 21.3 Å². The summed E-state index contributed by atoms with van der Waals surface area (Å²) in [6.45, 7) is 5.58. The molecule has 4 rings (SSSR count). The van der Waals surface area contributed by atoms with Crippen LogP contribution in [0.4, 0.5) is 0 Å². The van der Waals surface area contributed by atoms with Crippen molar-refractivity contribution in [3.8, 4) is 17.1 Å². The lowest BCUT2D eigenvalue weighted by Crippen LogP contribution is -2.06. The smallest absolute Gasteiger partial charge is 0.141 e. The van der Waals surface area contributed by atoms with Crippen LogP contribution in [0.1, 0.15) is 17.5 Å². The Kier molecular flexibility index (Phi) is 5.36. The third-order valence-corrected chi connectivity index (χ3v) is 5.28. The highest BCUT2D eigenvalue weighted by molar-refractivity contribution is 6.31. The van der Waals surface area contributed by atoms with Crippen LogP contribution in [0.15, 0.2) is 66.7 Å². The molecule has 3 aromatic carbocycles. The Balaban J connectivity index is 1.54. The second-order valence-corrected chi connectivity index (χ2v) is 7.47. The summed E-state index contributed by atoms with van der Waals surface area (Å²) in [5, 5.41) is 0.764. The first-order valence-corrected chi connectivity index (χ1v) is 9.91. The molecule has 0 aliphatic carbocycles. The number of aryl methyl sites for hydroxylation is 3. The predicted octanol–water partition coefficient (Wildman–Crippen LogP) is 6.44. The third kappa shape index (κ3) is 3.90. The number of ether oxygens (including phenoxy) is 1. The number of halogens is 1. The van der Waals surface area contributed by atoms with Gasteiger partial charge < -0.3 is 9.30 Å². The predicted molar refractivity (Wildman–Crippen MR) is 116 cm³/mol. The minimum atomic E-state index is 0.640. The van der Waals surface area contributed by atoms with Crippen molar-refractivity contribution in [3.63, 3.8) is 0 Å². The van der Waals surface area contributed by atoms with Crippen LogP contribution in [-0.4, -0.2) is 16.2 Å². The molecule has 0 spiro atoms. The van der Waals surface area contributed by atoms with Crippen molar-refractivity contribution in [3.05, 3.63) is 82.9 Å². The second-order valence-electron chi connectivity index (χ2n) is 7.06. The zero-order chi connectivity index (χ0) is 19.5. The Morgan fingerprint density at radius 1 is 0.964 bits per heavy atom. The third-order valence-electron chi connectivity index (χ3n) is 4.86. The van der Waals surface area contributed by atoms with E-state index in [9.17, 15) is 0 Å². The van der Waals surface area contributed by atoms with Crippen molar-refractivity contribution in [2.75, 3.05) is 6.61 Å². The van der Waals surface area contributed by atoms with Crippen LogP contribution in [0.5, 0.6) is 5.75 Å². The maximum atomic E-state index is 6.09. The Morgan fingerprint density at radius 2 is 1.82 bits per heavy atom. The molecule has 1 aromatic heterocycles. The summed E-state index contributed by atoms with van der Waals surface area (Å²) in [6, 6.07) is 22.6. The summed E-state index contributed by atoms with van der Waals surface area (Å²) in [7, 11) is 0. The zero-order valence-corrected chi connectivity index (χ0v) is 16.9. The van der Waals surface area contributed by atoms with E-state index in [2.05, 4.69) is 54.0 Å². The Hall–Kier alpha value is -2.78. The first-order chi connectivity index (χ1) is 13.6. The quantitative estimate of drug-likeness (QED) is 0.354. The van der Waals surface area contributed by atoms with E-state index in [1.807, 2.05) is 31.2 Å². The highest BCUT2D eigenvalue weighted by Crippen LogP contribution is 2.26. The molecule has 0 N–H and O–H groups in total. The second kappa shape index (κ2) is 8.07. The van der Waals surface area contributed by atoms with Crippen LogP contribution in [0.25, 0.3) is 22.4 Å². The number of fused-ring (bicyclic) bond motifs is 1. The standard InChI is InChI=1S/C24H23ClN2O/c1-17-7-5-8-19(15-17)24-26-22-9-3-4-10-23(22)27(24)13-6-14-28-20-11-12-21(25)18(2)16-20/h3-5,7-12,15-16H,6,13-14H2,1-2H3. The molecule has 0 fully saturated rings. The Morgan fingerprint density at radius 3 is 2.64 bits per heavy atom. The number of benzene rings is 3. The van der Waals surface area contributed by atoms with Crippen molar-refractivity contribution >= 4 is 22.6 Å². The van der Waals surface area contributed by atoms with Crippen molar-refractivity contribution in [2.24, 2.45) is 0 Å². The van der Waals surface area contributed by atoms with E-state index in [1.165, 1.54) is 5.56 Å². The molecule has 1 heterocycles. The highest BCUT2D eigenvalue weighted by atomic mass is 35.5. The number of nitrogens with zero attached hydrogens (tertiary/aromatic N) is 2. The van der Waals surface area contributed by atoms with Crippen LogP contribution < -0.4 is 4.74 Å². The molecule has 0 aliphatic rings. The minimum Gasteiger partial charge on any atom is -0.494 e. The topological polar surface area (TPSA) is 27.1 Å². The van der Waals surface area contributed by atoms with E-state index >= 15 is 0 Å². The maximum Gasteiger partial charge on any atom is 0.141 e. The molecule has 0 bridgehead atoms. The number of imidazole rings is 1. The SMILES string of the molecule is Cc1cccc(-c2nc3ccccc3n2CCCOc2ccc(Cl)c(C)c2)c1. The fourth-order valence-corrected chi connectivity index (χ4v) is 3.54.